The molecule has 0 saturated carbocycles. The third-order valence-corrected chi connectivity index (χ3v) is 4.29. The van der Waals surface area contributed by atoms with Gasteiger partial charge < -0.3 is 15.4 Å². The van der Waals surface area contributed by atoms with Gasteiger partial charge in [0.1, 0.15) is 5.82 Å². The molecule has 0 bridgehead atoms. The number of halogens is 1. The molecule has 1 aromatic heterocycles. The van der Waals surface area contributed by atoms with Crippen molar-refractivity contribution >= 4 is 6.03 Å². The van der Waals surface area contributed by atoms with Gasteiger partial charge in [0.2, 0.25) is 0 Å². The smallest absolute Gasteiger partial charge is 0.315 e. The van der Waals surface area contributed by atoms with Gasteiger partial charge in [0.05, 0.1) is 18.3 Å². The largest absolute Gasteiger partial charge is 0.373 e. The fraction of sp³-hybridized carbons (Fsp3) is 0.412. The maximum atomic E-state index is 13.0. The molecule has 2 N–H and O–H groups in total. The van der Waals surface area contributed by atoms with Crippen LogP contribution in [0.25, 0.3) is 0 Å². The summed E-state index contributed by atoms with van der Waals surface area (Å²) in [5, 5.41) is 9.75. The number of urea groups is 1. The van der Waals surface area contributed by atoms with Crippen molar-refractivity contribution in [1.29, 1.82) is 0 Å². The van der Waals surface area contributed by atoms with Gasteiger partial charge in [0, 0.05) is 32.3 Å². The van der Waals surface area contributed by atoms with Crippen LogP contribution in [-0.4, -0.2) is 29.0 Å². The molecule has 24 heavy (non-hydrogen) atoms. The van der Waals surface area contributed by atoms with Gasteiger partial charge in [-0.05, 0) is 30.2 Å². The van der Waals surface area contributed by atoms with Crippen molar-refractivity contribution in [2.24, 2.45) is 13.0 Å². The summed E-state index contributed by atoms with van der Waals surface area (Å²) in [5.41, 5.74) is 1.87. The minimum absolute atomic E-state index is 0.108. The Kier molecular flexibility index (Phi) is 5.10. The molecule has 0 aliphatic carbocycles. The molecule has 2 atom stereocenters. The lowest BCUT2D eigenvalue weighted by Gasteiger charge is -2.19. The van der Waals surface area contributed by atoms with Crippen LogP contribution in [0.4, 0.5) is 9.18 Å². The number of nitrogens with one attached hydrogen (secondary N) is 2. The van der Waals surface area contributed by atoms with Gasteiger partial charge in [-0.25, -0.2) is 9.18 Å². The second-order valence-corrected chi connectivity index (χ2v) is 5.90. The molecule has 3 rings (SSSR count). The monoisotopic (exact) mass is 332 g/mol. The maximum Gasteiger partial charge on any atom is 0.315 e. The van der Waals surface area contributed by atoms with Crippen molar-refractivity contribution in [3.63, 3.8) is 0 Å². The van der Waals surface area contributed by atoms with Gasteiger partial charge >= 0.3 is 6.03 Å². The van der Waals surface area contributed by atoms with Crippen LogP contribution in [0.2, 0.25) is 0 Å². The van der Waals surface area contributed by atoms with Crippen LogP contribution in [-0.2, 0) is 18.3 Å². The highest BCUT2D eigenvalue weighted by atomic mass is 19.1. The van der Waals surface area contributed by atoms with Crippen molar-refractivity contribution < 1.29 is 13.9 Å². The van der Waals surface area contributed by atoms with E-state index in [2.05, 4.69) is 15.7 Å². The molecule has 2 aromatic rings. The first kappa shape index (κ1) is 16.4. The SMILES string of the molecule is Cn1nccc1CNC(=O)NC[C@@H]1CCO[C@H]1c1ccc(F)cc1. The number of amides is 2. The lowest BCUT2D eigenvalue weighted by Crippen LogP contribution is -2.38. The molecule has 1 aliphatic rings. The summed E-state index contributed by atoms with van der Waals surface area (Å²) in [6, 6.07) is 7.97. The Hall–Kier alpha value is -2.41. The summed E-state index contributed by atoms with van der Waals surface area (Å²) in [6.45, 7) is 1.58. The lowest BCUT2D eigenvalue weighted by atomic mass is 9.95. The second kappa shape index (κ2) is 7.44. The van der Waals surface area contributed by atoms with E-state index in [1.54, 1.807) is 23.0 Å². The second-order valence-electron chi connectivity index (χ2n) is 5.90. The van der Waals surface area contributed by atoms with E-state index in [9.17, 15) is 9.18 Å². The standard InChI is InChI=1S/C17H21FN4O2/c1-22-15(6-8-21-22)11-20-17(23)19-10-13-7-9-24-16(13)12-2-4-14(18)5-3-12/h2-6,8,13,16H,7,9-11H2,1H3,(H2,19,20,23)/t13-,16-/m0/s1. The highest BCUT2D eigenvalue weighted by molar-refractivity contribution is 5.73. The third-order valence-electron chi connectivity index (χ3n) is 4.29. The van der Waals surface area contributed by atoms with Crippen LogP contribution in [0.3, 0.4) is 0 Å². The van der Waals surface area contributed by atoms with Crippen LogP contribution < -0.4 is 10.6 Å². The molecule has 0 radical (unpaired) electrons. The molecule has 1 aromatic carbocycles. The predicted octanol–water partition coefficient (Wildman–Crippen LogP) is 2.14. The molecule has 0 spiro atoms. The van der Waals surface area contributed by atoms with E-state index in [-0.39, 0.29) is 23.9 Å². The number of rotatable bonds is 5. The number of aromatic nitrogens is 2. The number of hydrogen-bond acceptors (Lipinski definition) is 3. The molecule has 7 heteroatoms. The highest BCUT2D eigenvalue weighted by Crippen LogP contribution is 2.34. The van der Waals surface area contributed by atoms with E-state index in [1.165, 1.54) is 12.1 Å². The summed E-state index contributed by atoms with van der Waals surface area (Å²) in [4.78, 5) is 12.0. The Balaban J connectivity index is 1.49. The number of aryl methyl sites for hydroxylation is 1. The number of benzene rings is 1. The molecule has 2 amide bonds. The van der Waals surface area contributed by atoms with Crippen LogP contribution in [0.1, 0.15) is 23.8 Å². The van der Waals surface area contributed by atoms with E-state index in [0.717, 1.165) is 17.7 Å². The maximum absolute atomic E-state index is 13.0. The number of nitrogens with zero attached hydrogens (tertiary/aromatic N) is 2. The van der Waals surface area contributed by atoms with Gasteiger partial charge in [0.25, 0.3) is 0 Å². The fourth-order valence-electron chi connectivity index (χ4n) is 2.90. The molecule has 6 nitrogen and oxygen atoms in total. The minimum atomic E-state index is -0.263. The highest BCUT2D eigenvalue weighted by Gasteiger charge is 2.29. The predicted molar refractivity (Wildman–Crippen MR) is 86.6 cm³/mol. The normalized spacial score (nSPS) is 20.1. The molecular weight excluding hydrogens is 311 g/mol. The summed E-state index contributed by atoms with van der Waals surface area (Å²) in [6.07, 6.45) is 2.45. The Labute approximate surface area is 140 Å². The summed E-state index contributed by atoms with van der Waals surface area (Å²) < 4.78 is 20.5. The average Bonchev–Trinajstić information content (AvgIpc) is 3.20. The van der Waals surface area contributed by atoms with E-state index < -0.39 is 0 Å². The van der Waals surface area contributed by atoms with Crippen LogP contribution in [0.5, 0.6) is 0 Å². The molecular formula is C17H21FN4O2. The fourth-order valence-corrected chi connectivity index (χ4v) is 2.90. The zero-order chi connectivity index (χ0) is 16.9. The molecule has 1 aliphatic heterocycles. The zero-order valence-electron chi connectivity index (χ0n) is 13.5. The molecule has 0 unspecified atom stereocenters. The molecule has 1 fully saturated rings. The minimum Gasteiger partial charge on any atom is -0.373 e. The average molecular weight is 332 g/mol. The summed E-state index contributed by atoms with van der Waals surface area (Å²) in [7, 11) is 1.83. The number of carbonyl (C=O) groups excluding carboxylic acids is 1. The van der Waals surface area contributed by atoms with Crippen LogP contribution in [0, 0.1) is 11.7 Å². The first-order valence-corrected chi connectivity index (χ1v) is 7.99. The van der Waals surface area contributed by atoms with Crippen molar-refractivity contribution in [1.82, 2.24) is 20.4 Å². The first-order chi connectivity index (χ1) is 11.6. The van der Waals surface area contributed by atoms with E-state index in [1.807, 2.05) is 13.1 Å². The quantitative estimate of drug-likeness (QED) is 0.881. The molecule has 128 valence electrons. The Bertz CT molecular complexity index is 686. The van der Waals surface area contributed by atoms with Gasteiger partial charge in [-0.2, -0.15) is 5.10 Å². The Morgan fingerprint density at radius 1 is 1.33 bits per heavy atom. The Morgan fingerprint density at radius 3 is 2.83 bits per heavy atom. The van der Waals surface area contributed by atoms with Gasteiger partial charge in [-0.15, -0.1) is 0 Å². The first-order valence-electron chi connectivity index (χ1n) is 7.99. The van der Waals surface area contributed by atoms with Crippen LogP contribution >= 0.6 is 0 Å². The molecule has 2 heterocycles. The van der Waals surface area contributed by atoms with E-state index >= 15 is 0 Å². The zero-order valence-corrected chi connectivity index (χ0v) is 13.5. The van der Waals surface area contributed by atoms with Crippen LogP contribution in [0.15, 0.2) is 36.5 Å². The van der Waals surface area contributed by atoms with Crippen molar-refractivity contribution in [3.8, 4) is 0 Å². The van der Waals surface area contributed by atoms with Gasteiger partial charge in [-0.3, -0.25) is 4.68 Å². The van der Waals surface area contributed by atoms with Crippen molar-refractivity contribution in [3.05, 3.63) is 53.6 Å². The van der Waals surface area contributed by atoms with Crippen molar-refractivity contribution in [2.75, 3.05) is 13.2 Å². The van der Waals surface area contributed by atoms with Gasteiger partial charge in [-0.1, -0.05) is 12.1 Å². The third kappa shape index (κ3) is 3.91. The number of hydrogen-bond donors (Lipinski definition) is 2. The summed E-state index contributed by atoms with van der Waals surface area (Å²) in [5.74, 6) is -0.0844. The Morgan fingerprint density at radius 2 is 2.12 bits per heavy atom. The van der Waals surface area contributed by atoms with E-state index in [0.29, 0.717) is 19.7 Å². The van der Waals surface area contributed by atoms with Gasteiger partial charge in [0.15, 0.2) is 0 Å². The molecule has 1 saturated heterocycles. The van der Waals surface area contributed by atoms with Crippen molar-refractivity contribution in [2.45, 2.75) is 19.1 Å². The van der Waals surface area contributed by atoms with E-state index in [4.69, 9.17) is 4.74 Å². The number of carbonyl (C=O) groups is 1. The lowest BCUT2D eigenvalue weighted by molar-refractivity contribution is 0.0909. The summed E-state index contributed by atoms with van der Waals surface area (Å²) >= 11 is 0. The number of ether oxygens (including phenoxy) is 1. The topological polar surface area (TPSA) is 68.2 Å².